The van der Waals surface area contributed by atoms with Gasteiger partial charge in [0.1, 0.15) is 5.75 Å². The lowest BCUT2D eigenvalue weighted by atomic mass is 10.2. The molecule has 1 heterocycles. The van der Waals surface area contributed by atoms with E-state index in [1.54, 1.807) is 7.11 Å². The Bertz CT molecular complexity index is 567. The largest absolute Gasteiger partial charge is 0.497 e. The van der Waals surface area contributed by atoms with Crippen molar-refractivity contribution in [3.05, 3.63) is 48.3 Å². The van der Waals surface area contributed by atoms with Gasteiger partial charge in [0.25, 0.3) is 0 Å². The van der Waals surface area contributed by atoms with E-state index in [9.17, 15) is 0 Å². The lowest BCUT2D eigenvalue weighted by molar-refractivity contribution is 0.415. The van der Waals surface area contributed by atoms with E-state index in [0.717, 1.165) is 29.4 Å². The highest BCUT2D eigenvalue weighted by atomic mass is 16.5. The molecular weight excluding hydrogens is 262 g/mol. The van der Waals surface area contributed by atoms with Crippen LogP contribution in [0.25, 0.3) is 0 Å². The molecule has 2 aromatic rings. The number of nitrogens with zero attached hydrogens (tertiary/aromatic N) is 2. The van der Waals surface area contributed by atoms with Crippen molar-refractivity contribution in [2.45, 2.75) is 26.4 Å². The molecule has 1 aromatic carbocycles. The van der Waals surface area contributed by atoms with Crippen molar-refractivity contribution in [1.29, 1.82) is 0 Å². The fourth-order valence-electron chi connectivity index (χ4n) is 2.03. The summed E-state index contributed by atoms with van der Waals surface area (Å²) >= 11 is 0. The summed E-state index contributed by atoms with van der Waals surface area (Å²) in [7, 11) is 3.73. The maximum atomic E-state index is 5.19. The van der Waals surface area contributed by atoms with E-state index in [-0.39, 0.29) is 0 Å². The Hall–Kier alpha value is -2.07. The molecule has 0 unspecified atom stereocenters. The quantitative estimate of drug-likeness (QED) is 0.883. The smallest absolute Gasteiger partial charge is 0.119 e. The molecule has 0 amide bonds. The number of nitrogens with one attached hydrogen (secondary N) is 1. The molecule has 0 saturated carbocycles. The molecule has 0 saturated heterocycles. The van der Waals surface area contributed by atoms with Crippen LogP contribution in [0.2, 0.25) is 0 Å². The fourth-order valence-corrected chi connectivity index (χ4v) is 2.03. The molecule has 112 valence electrons. The molecule has 0 atom stereocenters. The summed E-state index contributed by atoms with van der Waals surface area (Å²) in [4.78, 5) is 6.54. The average Bonchev–Trinajstić information content (AvgIpc) is 2.52. The Balaban J connectivity index is 2.14. The predicted octanol–water partition coefficient (Wildman–Crippen LogP) is 3.36. The van der Waals surface area contributed by atoms with Gasteiger partial charge in [0.15, 0.2) is 0 Å². The highest BCUT2D eigenvalue weighted by molar-refractivity contribution is 5.63. The van der Waals surface area contributed by atoms with Gasteiger partial charge in [-0.1, -0.05) is 13.8 Å². The van der Waals surface area contributed by atoms with Gasteiger partial charge in [-0.15, -0.1) is 0 Å². The number of pyridine rings is 1. The van der Waals surface area contributed by atoms with E-state index in [1.807, 2.05) is 36.5 Å². The first-order chi connectivity index (χ1) is 10.1. The minimum Gasteiger partial charge on any atom is -0.497 e. The summed E-state index contributed by atoms with van der Waals surface area (Å²) in [5.41, 5.74) is 3.28. The highest BCUT2D eigenvalue weighted by Crippen LogP contribution is 2.25. The van der Waals surface area contributed by atoms with Crippen LogP contribution in [0, 0.1) is 0 Å². The molecule has 0 radical (unpaired) electrons. The van der Waals surface area contributed by atoms with Crippen LogP contribution in [0.4, 0.5) is 11.4 Å². The number of methoxy groups -OCH3 is 1. The Labute approximate surface area is 126 Å². The zero-order chi connectivity index (χ0) is 15.2. The third kappa shape index (κ3) is 4.20. The van der Waals surface area contributed by atoms with Crippen molar-refractivity contribution >= 4 is 11.4 Å². The molecule has 0 spiro atoms. The fraction of sp³-hybridized carbons (Fsp3) is 0.353. The predicted molar refractivity (Wildman–Crippen MR) is 87.3 cm³/mol. The van der Waals surface area contributed by atoms with E-state index in [2.05, 4.69) is 42.2 Å². The molecule has 1 N–H and O–H groups in total. The summed E-state index contributed by atoms with van der Waals surface area (Å²) in [5.74, 6) is 0.865. The number of hydrogen-bond acceptors (Lipinski definition) is 4. The number of hydrogen-bond donors (Lipinski definition) is 1. The second-order valence-electron chi connectivity index (χ2n) is 5.30. The van der Waals surface area contributed by atoms with Crippen LogP contribution in [0.1, 0.15) is 19.5 Å². The monoisotopic (exact) mass is 285 g/mol. The van der Waals surface area contributed by atoms with Gasteiger partial charge in [0.2, 0.25) is 0 Å². The molecule has 2 rings (SSSR count). The van der Waals surface area contributed by atoms with E-state index in [4.69, 9.17) is 4.74 Å². The molecule has 0 aliphatic carbocycles. The van der Waals surface area contributed by atoms with Crippen LogP contribution in [-0.4, -0.2) is 25.2 Å². The second-order valence-corrected chi connectivity index (χ2v) is 5.30. The van der Waals surface area contributed by atoms with Crippen molar-refractivity contribution in [1.82, 2.24) is 10.3 Å². The molecule has 1 aromatic heterocycles. The summed E-state index contributed by atoms with van der Waals surface area (Å²) in [6.07, 6.45) is 1.85. The lowest BCUT2D eigenvalue weighted by Crippen LogP contribution is -2.22. The maximum absolute atomic E-state index is 5.19. The van der Waals surface area contributed by atoms with E-state index in [1.165, 1.54) is 0 Å². The number of anilines is 2. The summed E-state index contributed by atoms with van der Waals surface area (Å²) < 4.78 is 5.19. The third-order valence-electron chi connectivity index (χ3n) is 3.34. The molecule has 0 bridgehead atoms. The Morgan fingerprint density at radius 1 is 1.14 bits per heavy atom. The summed E-state index contributed by atoms with van der Waals surface area (Å²) in [6, 6.07) is 12.6. The topological polar surface area (TPSA) is 37.4 Å². The Morgan fingerprint density at radius 2 is 1.86 bits per heavy atom. The van der Waals surface area contributed by atoms with Crippen molar-refractivity contribution in [2.75, 3.05) is 19.1 Å². The van der Waals surface area contributed by atoms with Gasteiger partial charge in [0.05, 0.1) is 12.8 Å². The first-order valence-electron chi connectivity index (χ1n) is 7.16. The zero-order valence-electron chi connectivity index (χ0n) is 13.1. The van der Waals surface area contributed by atoms with Crippen molar-refractivity contribution in [3.8, 4) is 5.75 Å². The van der Waals surface area contributed by atoms with Gasteiger partial charge in [-0.05, 0) is 36.4 Å². The first-order valence-corrected chi connectivity index (χ1v) is 7.16. The van der Waals surface area contributed by atoms with Crippen LogP contribution < -0.4 is 15.0 Å². The Kier molecular flexibility index (Phi) is 5.17. The summed E-state index contributed by atoms with van der Waals surface area (Å²) in [6.45, 7) is 5.04. The molecular formula is C17H23N3O. The van der Waals surface area contributed by atoms with E-state index < -0.39 is 0 Å². The van der Waals surface area contributed by atoms with Crippen LogP contribution in [-0.2, 0) is 6.54 Å². The normalized spacial score (nSPS) is 10.7. The number of aromatic nitrogens is 1. The third-order valence-corrected chi connectivity index (χ3v) is 3.34. The van der Waals surface area contributed by atoms with Gasteiger partial charge in [-0.25, -0.2) is 0 Å². The van der Waals surface area contributed by atoms with Crippen LogP contribution in [0.3, 0.4) is 0 Å². The number of benzene rings is 1. The van der Waals surface area contributed by atoms with E-state index >= 15 is 0 Å². The number of rotatable bonds is 6. The highest BCUT2D eigenvalue weighted by Gasteiger charge is 2.06. The second kappa shape index (κ2) is 7.09. The number of ether oxygens (including phenoxy) is 1. The van der Waals surface area contributed by atoms with Gasteiger partial charge in [0, 0.05) is 37.2 Å². The van der Waals surface area contributed by atoms with E-state index in [0.29, 0.717) is 6.04 Å². The van der Waals surface area contributed by atoms with Gasteiger partial charge < -0.3 is 15.0 Å². The van der Waals surface area contributed by atoms with Gasteiger partial charge >= 0.3 is 0 Å². The maximum Gasteiger partial charge on any atom is 0.119 e. The zero-order valence-corrected chi connectivity index (χ0v) is 13.1. The lowest BCUT2D eigenvalue weighted by Gasteiger charge is -2.20. The van der Waals surface area contributed by atoms with Gasteiger partial charge in [-0.2, -0.15) is 0 Å². The van der Waals surface area contributed by atoms with Crippen molar-refractivity contribution in [2.24, 2.45) is 0 Å². The van der Waals surface area contributed by atoms with Crippen LogP contribution in [0.15, 0.2) is 42.6 Å². The minimum atomic E-state index is 0.453. The molecule has 0 aliphatic heterocycles. The Morgan fingerprint density at radius 3 is 2.48 bits per heavy atom. The molecule has 0 aliphatic rings. The van der Waals surface area contributed by atoms with Crippen molar-refractivity contribution < 1.29 is 4.74 Å². The molecule has 0 fully saturated rings. The minimum absolute atomic E-state index is 0.453. The molecule has 4 nitrogen and oxygen atoms in total. The standard InChI is InChI=1S/C17H23N3O/c1-13(2)19-12-14-11-16(9-10-18-14)20(3)15-5-7-17(21-4)8-6-15/h5-11,13,19H,12H2,1-4H3. The molecule has 21 heavy (non-hydrogen) atoms. The average molecular weight is 285 g/mol. The van der Waals surface area contributed by atoms with Gasteiger partial charge in [-0.3, -0.25) is 4.98 Å². The molecule has 4 heteroatoms. The first kappa shape index (κ1) is 15.3. The van der Waals surface area contributed by atoms with Crippen LogP contribution in [0.5, 0.6) is 5.75 Å². The summed E-state index contributed by atoms with van der Waals surface area (Å²) in [5, 5.41) is 3.39. The van der Waals surface area contributed by atoms with Crippen molar-refractivity contribution in [3.63, 3.8) is 0 Å². The van der Waals surface area contributed by atoms with Crippen LogP contribution >= 0.6 is 0 Å². The SMILES string of the molecule is COc1ccc(N(C)c2ccnc(CNC(C)C)c2)cc1.